The molecule has 1 saturated heterocycles. The molecule has 2 saturated carbocycles. The molecule has 2 bridgehead atoms. The highest BCUT2D eigenvalue weighted by Gasteiger charge is 2.67. The van der Waals surface area contributed by atoms with Gasteiger partial charge in [-0.2, -0.15) is 0 Å². The highest BCUT2D eigenvalue weighted by molar-refractivity contribution is 6.08. The minimum absolute atomic E-state index is 0.173. The maximum atomic E-state index is 12.9. The van der Waals surface area contributed by atoms with Crippen molar-refractivity contribution >= 4 is 17.8 Å². The summed E-state index contributed by atoms with van der Waals surface area (Å²) in [6.07, 6.45) is 5.38. The van der Waals surface area contributed by atoms with Gasteiger partial charge in [-0.25, -0.2) is 4.79 Å². The van der Waals surface area contributed by atoms with Crippen molar-refractivity contribution in [2.75, 3.05) is 6.54 Å². The predicted molar refractivity (Wildman–Crippen MR) is 93.0 cm³/mol. The second-order valence-corrected chi connectivity index (χ2v) is 8.14. The molecular weight excluding hydrogens is 330 g/mol. The Morgan fingerprint density at radius 1 is 1.04 bits per heavy atom. The van der Waals surface area contributed by atoms with Crippen molar-refractivity contribution in [3.05, 3.63) is 41.5 Å². The summed E-state index contributed by atoms with van der Waals surface area (Å²) >= 11 is 0. The second kappa shape index (κ2) is 5.29. The summed E-state index contributed by atoms with van der Waals surface area (Å²) in [4.78, 5) is 39.2. The number of amides is 2. The number of benzene rings is 1. The van der Waals surface area contributed by atoms with Gasteiger partial charge in [0.05, 0.1) is 11.8 Å². The number of likely N-dealkylation sites (tertiary alicyclic amines) is 1. The van der Waals surface area contributed by atoms with E-state index in [0.29, 0.717) is 17.6 Å². The van der Waals surface area contributed by atoms with Crippen LogP contribution in [0.15, 0.2) is 30.4 Å². The molecule has 1 heterocycles. The maximum Gasteiger partial charge on any atom is 0.331 e. The fourth-order valence-electron chi connectivity index (χ4n) is 5.24. The summed E-state index contributed by atoms with van der Waals surface area (Å²) in [5.74, 6) is 0.418. The third-order valence-corrected chi connectivity index (χ3v) is 6.75. The van der Waals surface area contributed by atoms with Gasteiger partial charge in [0.1, 0.15) is 12.3 Å². The minimum Gasteiger partial charge on any atom is -0.425 e. The average Bonchev–Trinajstić information content (AvgIpc) is 3.39. The first-order valence-electron chi connectivity index (χ1n) is 9.27. The van der Waals surface area contributed by atoms with Crippen LogP contribution >= 0.6 is 0 Å². The number of aryl methyl sites for hydroxylation is 2. The molecule has 3 fully saturated rings. The fourth-order valence-corrected chi connectivity index (χ4v) is 5.24. The number of hydrogen-bond donors (Lipinski definition) is 0. The van der Waals surface area contributed by atoms with Crippen molar-refractivity contribution in [3.63, 3.8) is 0 Å². The zero-order valence-electron chi connectivity index (χ0n) is 14.8. The molecule has 6 atom stereocenters. The Balaban J connectivity index is 1.32. The van der Waals surface area contributed by atoms with Crippen LogP contribution in [0.1, 0.15) is 17.5 Å². The lowest BCUT2D eigenvalue weighted by Crippen LogP contribution is -2.40. The molecular formula is C21H21NO4. The van der Waals surface area contributed by atoms with Crippen molar-refractivity contribution in [1.29, 1.82) is 0 Å². The lowest BCUT2D eigenvalue weighted by Gasteiger charge is -2.37. The van der Waals surface area contributed by atoms with Crippen LogP contribution in [-0.2, 0) is 14.4 Å². The summed E-state index contributed by atoms with van der Waals surface area (Å²) < 4.78 is 5.36. The van der Waals surface area contributed by atoms with Gasteiger partial charge in [0.2, 0.25) is 11.8 Å². The highest BCUT2D eigenvalue weighted by Crippen LogP contribution is 2.65. The SMILES string of the molecule is Cc1ccc(OC(=O)CN2C(=O)[C@H]3[C@@H]4C=C[C@H]([C@H]5C[C@H]45)[C@@H]3C2=O)cc1C. The number of nitrogens with zero attached hydrogens (tertiary/aromatic N) is 1. The van der Waals surface area contributed by atoms with Gasteiger partial charge >= 0.3 is 5.97 Å². The molecule has 2 amide bonds. The van der Waals surface area contributed by atoms with E-state index < -0.39 is 5.97 Å². The summed E-state index contributed by atoms with van der Waals surface area (Å²) in [5, 5.41) is 0. The summed E-state index contributed by atoms with van der Waals surface area (Å²) in [6, 6.07) is 5.40. The van der Waals surface area contributed by atoms with Crippen LogP contribution in [0, 0.1) is 49.4 Å². The first-order chi connectivity index (χ1) is 12.5. The van der Waals surface area contributed by atoms with Gasteiger partial charge in [0.25, 0.3) is 0 Å². The molecule has 4 aliphatic carbocycles. The molecule has 5 aliphatic rings. The molecule has 1 aliphatic heterocycles. The largest absolute Gasteiger partial charge is 0.425 e. The smallest absolute Gasteiger partial charge is 0.331 e. The van der Waals surface area contributed by atoms with Gasteiger partial charge in [-0.1, -0.05) is 18.2 Å². The number of carbonyl (C=O) groups is 3. The highest BCUT2D eigenvalue weighted by atomic mass is 16.5. The molecule has 5 heteroatoms. The molecule has 26 heavy (non-hydrogen) atoms. The Morgan fingerprint density at radius 2 is 1.65 bits per heavy atom. The molecule has 5 nitrogen and oxygen atoms in total. The van der Waals surface area contributed by atoms with Crippen LogP contribution in [0.5, 0.6) is 5.75 Å². The zero-order valence-corrected chi connectivity index (χ0v) is 14.8. The van der Waals surface area contributed by atoms with E-state index in [2.05, 4.69) is 12.2 Å². The minimum atomic E-state index is -0.570. The Labute approximate surface area is 152 Å². The third-order valence-electron chi connectivity index (χ3n) is 6.75. The van der Waals surface area contributed by atoms with E-state index in [0.717, 1.165) is 22.4 Å². The third kappa shape index (κ3) is 2.12. The molecule has 0 radical (unpaired) electrons. The van der Waals surface area contributed by atoms with Crippen LogP contribution in [0.2, 0.25) is 0 Å². The van der Waals surface area contributed by atoms with Crippen molar-refractivity contribution in [3.8, 4) is 5.75 Å². The number of rotatable bonds is 3. The molecule has 1 aromatic carbocycles. The zero-order chi connectivity index (χ0) is 18.2. The molecule has 0 N–H and O–H groups in total. The first kappa shape index (κ1) is 15.8. The van der Waals surface area contributed by atoms with Gasteiger partial charge in [0, 0.05) is 0 Å². The number of esters is 1. The van der Waals surface area contributed by atoms with Crippen LogP contribution < -0.4 is 4.74 Å². The normalized spacial score (nSPS) is 36.2. The molecule has 0 unspecified atom stereocenters. The van der Waals surface area contributed by atoms with E-state index >= 15 is 0 Å². The monoisotopic (exact) mass is 351 g/mol. The van der Waals surface area contributed by atoms with Crippen molar-refractivity contribution in [2.24, 2.45) is 35.5 Å². The number of hydrogen-bond acceptors (Lipinski definition) is 4. The van der Waals surface area contributed by atoms with E-state index in [-0.39, 0.29) is 42.0 Å². The summed E-state index contributed by atoms with van der Waals surface area (Å²) in [6.45, 7) is 3.63. The van der Waals surface area contributed by atoms with Gasteiger partial charge in [-0.15, -0.1) is 0 Å². The van der Waals surface area contributed by atoms with Crippen LogP contribution in [-0.4, -0.2) is 29.2 Å². The fraction of sp³-hybridized carbons (Fsp3) is 0.476. The second-order valence-electron chi connectivity index (χ2n) is 8.14. The molecule has 6 rings (SSSR count). The van der Waals surface area contributed by atoms with E-state index in [1.54, 1.807) is 12.1 Å². The first-order valence-corrected chi connectivity index (χ1v) is 9.27. The van der Waals surface area contributed by atoms with Crippen molar-refractivity contribution in [2.45, 2.75) is 20.3 Å². The standard InChI is InChI=1S/C21H21NO4/c1-10-3-4-12(7-11(10)2)26-17(23)9-22-20(24)18-13-5-6-14(16-8-15(13)16)19(18)21(22)25/h3-7,13-16,18-19H,8-9H2,1-2H3/t13-,14-,15-,16-,18+,19+/m1/s1. The Bertz CT molecular complexity index is 837. The summed E-state index contributed by atoms with van der Waals surface area (Å²) in [5.41, 5.74) is 2.14. The van der Waals surface area contributed by atoms with Gasteiger partial charge in [0.15, 0.2) is 0 Å². The Hall–Kier alpha value is -2.43. The molecule has 134 valence electrons. The lowest BCUT2D eigenvalue weighted by molar-refractivity contribution is -0.148. The number of imide groups is 1. The van der Waals surface area contributed by atoms with Gasteiger partial charge in [-0.05, 0) is 67.2 Å². The predicted octanol–water partition coefficient (Wildman–Crippen LogP) is 2.26. The van der Waals surface area contributed by atoms with Crippen LogP contribution in [0.4, 0.5) is 0 Å². The van der Waals surface area contributed by atoms with Gasteiger partial charge < -0.3 is 4.74 Å². The van der Waals surface area contributed by atoms with Crippen molar-refractivity contribution in [1.82, 2.24) is 4.90 Å². The summed E-state index contributed by atoms with van der Waals surface area (Å²) in [7, 11) is 0. The van der Waals surface area contributed by atoms with E-state index in [1.807, 2.05) is 19.9 Å². The topological polar surface area (TPSA) is 63.7 Å². The average molecular weight is 351 g/mol. The Kier molecular flexibility index (Phi) is 3.21. The number of allylic oxidation sites excluding steroid dienone is 2. The number of ether oxygens (including phenoxy) is 1. The van der Waals surface area contributed by atoms with Crippen LogP contribution in [0.25, 0.3) is 0 Å². The van der Waals surface area contributed by atoms with E-state index in [1.165, 1.54) is 0 Å². The quantitative estimate of drug-likeness (QED) is 0.363. The Morgan fingerprint density at radius 3 is 2.23 bits per heavy atom. The molecule has 0 aromatic heterocycles. The number of carbonyl (C=O) groups excluding carboxylic acids is 3. The molecule has 1 aromatic rings. The van der Waals surface area contributed by atoms with Crippen LogP contribution in [0.3, 0.4) is 0 Å². The lowest BCUT2D eigenvalue weighted by atomic mass is 9.63. The maximum absolute atomic E-state index is 12.9. The van der Waals surface area contributed by atoms with Gasteiger partial charge in [-0.3, -0.25) is 14.5 Å². The van der Waals surface area contributed by atoms with E-state index in [9.17, 15) is 14.4 Å². The molecule has 0 spiro atoms. The van der Waals surface area contributed by atoms with E-state index in [4.69, 9.17) is 4.74 Å². The van der Waals surface area contributed by atoms with Crippen molar-refractivity contribution < 1.29 is 19.1 Å².